The number of benzene rings is 4. The lowest BCUT2D eigenvalue weighted by molar-refractivity contribution is 0.259. The van der Waals surface area contributed by atoms with E-state index in [1.165, 1.54) is 32.7 Å². The van der Waals surface area contributed by atoms with E-state index < -0.39 is 0 Å². The van der Waals surface area contributed by atoms with Crippen LogP contribution >= 0.6 is 0 Å². The van der Waals surface area contributed by atoms with E-state index in [2.05, 4.69) is 72.8 Å². The Morgan fingerprint density at radius 1 is 0.613 bits per heavy atom. The summed E-state index contributed by atoms with van der Waals surface area (Å²) in [4.78, 5) is 0. The maximum absolute atomic E-state index is 6.22. The number of ether oxygens (including phenoxy) is 4. The van der Waals surface area contributed by atoms with Gasteiger partial charge in [-0.2, -0.15) is 0 Å². The third-order valence-corrected chi connectivity index (χ3v) is 6.00. The van der Waals surface area contributed by atoms with Gasteiger partial charge in [0.1, 0.15) is 36.9 Å². The lowest BCUT2D eigenvalue weighted by Crippen LogP contribution is -2.08. The zero-order chi connectivity index (χ0) is 20.6. The zero-order valence-corrected chi connectivity index (χ0v) is 17.3. The third kappa shape index (κ3) is 3.97. The second-order valence-corrected chi connectivity index (χ2v) is 8.24. The molecule has 2 aliphatic heterocycles. The number of epoxide rings is 2. The second kappa shape index (κ2) is 7.88. The molecule has 4 aromatic carbocycles. The summed E-state index contributed by atoms with van der Waals surface area (Å²) >= 11 is 0. The van der Waals surface area contributed by atoms with E-state index in [-0.39, 0.29) is 12.2 Å². The number of fused-ring (bicyclic) bond motifs is 2. The van der Waals surface area contributed by atoms with E-state index in [4.69, 9.17) is 18.9 Å². The molecular formula is C27H24O4. The molecule has 0 amide bonds. The van der Waals surface area contributed by atoms with E-state index in [9.17, 15) is 0 Å². The average molecular weight is 412 g/mol. The molecule has 0 radical (unpaired) electrons. The average Bonchev–Trinajstić information content (AvgIpc) is 3.73. The summed E-state index contributed by atoms with van der Waals surface area (Å²) in [7, 11) is 0. The van der Waals surface area contributed by atoms with E-state index in [1.807, 2.05) is 0 Å². The predicted octanol–water partition coefficient (Wildman–Crippen LogP) is 5.14. The summed E-state index contributed by atoms with van der Waals surface area (Å²) < 4.78 is 23.1. The molecule has 156 valence electrons. The third-order valence-electron chi connectivity index (χ3n) is 6.00. The smallest absolute Gasteiger partial charge is 0.123 e. The van der Waals surface area contributed by atoms with Crippen molar-refractivity contribution in [2.24, 2.45) is 0 Å². The van der Waals surface area contributed by atoms with Crippen molar-refractivity contribution in [2.75, 3.05) is 26.4 Å². The van der Waals surface area contributed by atoms with Crippen LogP contribution in [0.25, 0.3) is 21.5 Å². The minimum atomic E-state index is 0.217. The van der Waals surface area contributed by atoms with E-state index in [1.54, 1.807) is 0 Å². The topological polar surface area (TPSA) is 43.5 Å². The molecule has 0 spiro atoms. The fraction of sp³-hybridized carbons (Fsp3) is 0.259. The number of rotatable bonds is 8. The minimum Gasteiger partial charge on any atom is -0.490 e. The van der Waals surface area contributed by atoms with Crippen LogP contribution in [0, 0.1) is 0 Å². The Kier molecular flexibility index (Phi) is 4.74. The molecule has 6 rings (SSSR count). The van der Waals surface area contributed by atoms with Crippen LogP contribution in [0.4, 0.5) is 0 Å². The fourth-order valence-corrected chi connectivity index (χ4v) is 4.14. The van der Waals surface area contributed by atoms with Crippen LogP contribution in [0.1, 0.15) is 11.1 Å². The Hall–Kier alpha value is -3.08. The first kappa shape index (κ1) is 18.7. The maximum Gasteiger partial charge on any atom is 0.123 e. The molecule has 2 aliphatic rings. The quantitative estimate of drug-likeness (QED) is 0.376. The second-order valence-electron chi connectivity index (χ2n) is 8.24. The first-order chi connectivity index (χ1) is 15.3. The molecule has 0 saturated carbocycles. The van der Waals surface area contributed by atoms with Gasteiger partial charge in [-0.25, -0.2) is 0 Å². The normalized spacial score (nSPS) is 19.5. The van der Waals surface area contributed by atoms with Crippen molar-refractivity contribution >= 4 is 21.5 Å². The van der Waals surface area contributed by atoms with Gasteiger partial charge in [-0.3, -0.25) is 0 Å². The van der Waals surface area contributed by atoms with Gasteiger partial charge in [-0.1, -0.05) is 60.7 Å². The Labute approximate surface area is 181 Å². The van der Waals surface area contributed by atoms with Gasteiger partial charge in [0.05, 0.1) is 13.2 Å². The number of hydrogen-bond acceptors (Lipinski definition) is 4. The van der Waals surface area contributed by atoms with Gasteiger partial charge in [0, 0.05) is 17.5 Å². The molecule has 0 aliphatic carbocycles. The monoisotopic (exact) mass is 412 g/mol. The van der Waals surface area contributed by atoms with Gasteiger partial charge in [0.2, 0.25) is 0 Å². The molecule has 31 heavy (non-hydrogen) atoms. The van der Waals surface area contributed by atoms with Gasteiger partial charge in [-0.15, -0.1) is 0 Å². The molecule has 2 atom stereocenters. The van der Waals surface area contributed by atoms with Gasteiger partial charge in [0.15, 0.2) is 0 Å². The van der Waals surface area contributed by atoms with Crippen molar-refractivity contribution in [3.63, 3.8) is 0 Å². The first-order valence-corrected chi connectivity index (χ1v) is 10.9. The van der Waals surface area contributed by atoms with Crippen LogP contribution in [-0.4, -0.2) is 38.6 Å². The lowest BCUT2D eigenvalue weighted by atomic mass is 9.93. The molecule has 1 unspecified atom stereocenters. The Morgan fingerprint density at radius 2 is 1.06 bits per heavy atom. The summed E-state index contributed by atoms with van der Waals surface area (Å²) in [6, 6.07) is 25.4. The molecule has 2 saturated heterocycles. The Morgan fingerprint density at radius 3 is 1.52 bits per heavy atom. The largest absolute Gasteiger partial charge is 0.490 e. The predicted molar refractivity (Wildman–Crippen MR) is 121 cm³/mol. The highest BCUT2D eigenvalue weighted by molar-refractivity contribution is 5.91. The first-order valence-electron chi connectivity index (χ1n) is 10.9. The maximum atomic E-state index is 6.22. The zero-order valence-electron chi connectivity index (χ0n) is 17.3. The molecule has 4 heteroatoms. The molecule has 4 aromatic rings. The summed E-state index contributed by atoms with van der Waals surface area (Å²) in [5.41, 5.74) is 2.37. The van der Waals surface area contributed by atoms with Crippen molar-refractivity contribution in [2.45, 2.75) is 18.6 Å². The van der Waals surface area contributed by atoms with Crippen LogP contribution in [0.3, 0.4) is 0 Å². The molecular weight excluding hydrogens is 388 g/mol. The van der Waals surface area contributed by atoms with Crippen LogP contribution < -0.4 is 9.47 Å². The highest BCUT2D eigenvalue weighted by atomic mass is 16.6. The summed E-state index contributed by atoms with van der Waals surface area (Å²) in [6.07, 6.45) is 1.16. The molecule has 0 aromatic heterocycles. The van der Waals surface area contributed by atoms with Gasteiger partial charge in [-0.05, 0) is 33.7 Å². The molecule has 0 bridgehead atoms. The van der Waals surface area contributed by atoms with E-state index in [0.717, 1.165) is 31.1 Å². The summed E-state index contributed by atoms with van der Waals surface area (Å²) in [6.45, 7) is 2.74. The van der Waals surface area contributed by atoms with E-state index in [0.29, 0.717) is 13.2 Å². The van der Waals surface area contributed by atoms with Gasteiger partial charge < -0.3 is 18.9 Å². The lowest BCUT2D eigenvalue weighted by Gasteiger charge is -2.18. The highest BCUT2D eigenvalue weighted by Gasteiger charge is 2.25. The summed E-state index contributed by atoms with van der Waals surface area (Å²) in [5.74, 6) is 1.83. The van der Waals surface area contributed by atoms with Crippen LogP contribution in [0.15, 0.2) is 72.8 Å². The van der Waals surface area contributed by atoms with Gasteiger partial charge >= 0.3 is 0 Å². The van der Waals surface area contributed by atoms with Crippen LogP contribution in [0.2, 0.25) is 0 Å². The Bertz CT molecular complexity index is 1140. The Balaban J connectivity index is 1.46. The SMILES string of the molecule is c1ccc2c(Cc3c(OC[C@@H]4CO4)ccc4ccccc34)c(OCC3CO3)ccc2c1. The highest BCUT2D eigenvalue weighted by Crippen LogP contribution is 2.36. The van der Waals surface area contributed by atoms with E-state index >= 15 is 0 Å². The molecule has 4 nitrogen and oxygen atoms in total. The molecule has 0 N–H and O–H groups in total. The van der Waals surface area contributed by atoms with Crippen molar-refractivity contribution in [1.82, 2.24) is 0 Å². The number of hydrogen-bond donors (Lipinski definition) is 0. The minimum absolute atomic E-state index is 0.217. The van der Waals surface area contributed by atoms with Crippen molar-refractivity contribution in [1.29, 1.82) is 0 Å². The standard InChI is InChI=1S/C27H24O4/c1-3-7-22-18(5-1)9-11-26(30-16-20-14-28-20)24(22)13-25-23-8-4-2-6-19(23)10-12-27(25)31-17-21-15-29-21/h1-12,20-21H,13-17H2/t20-,21?/m0/s1. The fourth-order valence-electron chi connectivity index (χ4n) is 4.14. The molecule has 2 heterocycles. The van der Waals surface area contributed by atoms with Crippen molar-refractivity contribution in [3.05, 3.63) is 83.9 Å². The van der Waals surface area contributed by atoms with Crippen LogP contribution in [0.5, 0.6) is 11.5 Å². The van der Waals surface area contributed by atoms with Gasteiger partial charge in [0.25, 0.3) is 0 Å². The van der Waals surface area contributed by atoms with Crippen molar-refractivity contribution in [3.8, 4) is 11.5 Å². The van der Waals surface area contributed by atoms with Crippen LogP contribution in [-0.2, 0) is 15.9 Å². The summed E-state index contributed by atoms with van der Waals surface area (Å²) in [5, 5.41) is 4.84. The molecule has 2 fully saturated rings. The van der Waals surface area contributed by atoms with Crippen molar-refractivity contribution < 1.29 is 18.9 Å².